The van der Waals surface area contributed by atoms with E-state index < -0.39 is 0 Å². The van der Waals surface area contributed by atoms with Crippen LogP contribution in [-0.4, -0.2) is 9.97 Å². The molecule has 50 valence electrons. The number of hydrogen-bond acceptors (Lipinski definition) is 4. The summed E-state index contributed by atoms with van der Waals surface area (Å²) in [4.78, 5) is 7.70. The zero-order valence-corrected chi connectivity index (χ0v) is 5.11. The van der Waals surface area contributed by atoms with Crippen LogP contribution < -0.4 is 5.73 Å². The minimum absolute atomic E-state index is 0.457. The van der Waals surface area contributed by atoms with Crippen molar-refractivity contribution in [2.75, 3.05) is 5.73 Å². The standard InChI is InChI=1S/C6H5N3O/c7-6-4-1-10-2-5(4)8-3-9-6/h1-3H,(H2,7,8,9). The summed E-state index contributed by atoms with van der Waals surface area (Å²) in [5.41, 5.74) is 6.23. The van der Waals surface area contributed by atoms with Gasteiger partial charge < -0.3 is 10.2 Å². The number of aromatic nitrogens is 2. The largest absolute Gasteiger partial charge is 0.469 e. The average molecular weight is 135 g/mol. The van der Waals surface area contributed by atoms with Gasteiger partial charge >= 0.3 is 0 Å². The van der Waals surface area contributed by atoms with E-state index in [0.717, 1.165) is 10.9 Å². The molecule has 0 aliphatic rings. The van der Waals surface area contributed by atoms with Crippen LogP contribution in [0.4, 0.5) is 5.82 Å². The van der Waals surface area contributed by atoms with Gasteiger partial charge in [-0.1, -0.05) is 0 Å². The number of nitrogens with zero attached hydrogens (tertiary/aromatic N) is 2. The van der Waals surface area contributed by atoms with Gasteiger partial charge in [-0.25, -0.2) is 9.97 Å². The van der Waals surface area contributed by atoms with Crippen LogP contribution in [0.5, 0.6) is 0 Å². The second-order valence-corrected chi connectivity index (χ2v) is 1.93. The summed E-state index contributed by atoms with van der Waals surface area (Å²) in [6.07, 6.45) is 4.48. The van der Waals surface area contributed by atoms with Gasteiger partial charge in [-0.2, -0.15) is 0 Å². The van der Waals surface area contributed by atoms with Gasteiger partial charge in [0.25, 0.3) is 0 Å². The van der Waals surface area contributed by atoms with Crippen LogP contribution in [0.25, 0.3) is 10.9 Å². The van der Waals surface area contributed by atoms with E-state index in [-0.39, 0.29) is 0 Å². The van der Waals surface area contributed by atoms with Crippen LogP contribution >= 0.6 is 0 Å². The Bertz CT molecular complexity index is 355. The third-order valence-electron chi connectivity index (χ3n) is 1.31. The van der Waals surface area contributed by atoms with Crippen molar-refractivity contribution in [1.82, 2.24) is 9.97 Å². The summed E-state index contributed by atoms with van der Waals surface area (Å²) in [6.45, 7) is 0. The first-order chi connectivity index (χ1) is 4.88. The first kappa shape index (κ1) is 5.22. The summed E-state index contributed by atoms with van der Waals surface area (Å²) in [6, 6.07) is 0. The minimum atomic E-state index is 0.457. The van der Waals surface area contributed by atoms with Gasteiger partial charge in [0.15, 0.2) is 0 Å². The van der Waals surface area contributed by atoms with E-state index in [1.54, 1.807) is 0 Å². The Kier molecular flexibility index (Phi) is 0.887. The highest BCUT2D eigenvalue weighted by atomic mass is 16.3. The number of furan rings is 1. The van der Waals surface area contributed by atoms with Gasteiger partial charge in [0, 0.05) is 0 Å². The van der Waals surface area contributed by atoms with E-state index in [4.69, 9.17) is 10.2 Å². The molecule has 0 radical (unpaired) electrons. The summed E-state index contributed by atoms with van der Waals surface area (Å²) in [5.74, 6) is 0.457. The van der Waals surface area contributed by atoms with Crippen molar-refractivity contribution in [2.45, 2.75) is 0 Å². The number of anilines is 1. The van der Waals surface area contributed by atoms with Crippen LogP contribution in [0.3, 0.4) is 0 Å². The Hall–Kier alpha value is -1.58. The zero-order valence-electron chi connectivity index (χ0n) is 5.11. The molecular weight excluding hydrogens is 130 g/mol. The Morgan fingerprint density at radius 3 is 3.00 bits per heavy atom. The smallest absolute Gasteiger partial charge is 0.137 e. The first-order valence-electron chi connectivity index (χ1n) is 2.80. The van der Waals surface area contributed by atoms with E-state index in [9.17, 15) is 0 Å². The third-order valence-corrected chi connectivity index (χ3v) is 1.31. The minimum Gasteiger partial charge on any atom is -0.469 e. The van der Waals surface area contributed by atoms with E-state index >= 15 is 0 Å². The van der Waals surface area contributed by atoms with Gasteiger partial charge in [-0.3, -0.25) is 0 Å². The molecule has 4 nitrogen and oxygen atoms in total. The molecule has 0 fully saturated rings. The number of nitrogen functional groups attached to an aromatic ring is 1. The van der Waals surface area contributed by atoms with Crippen LogP contribution in [0.15, 0.2) is 23.3 Å². The second-order valence-electron chi connectivity index (χ2n) is 1.93. The lowest BCUT2D eigenvalue weighted by molar-refractivity contribution is 0.572. The fourth-order valence-electron chi connectivity index (χ4n) is 0.805. The molecule has 2 rings (SSSR count). The Labute approximate surface area is 56.7 Å². The number of rotatable bonds is 0. The molecule has 0 atom stereocenters. The molecule has 2 aromatic heterocycles. The molecule has 0 spiro atoms. The molecule has 0 saturated carbocycles. The lowest BCUT2D eigenvalue weighted by Gasteiger charge is -1.88. The first-order valence-corrected chi connectivity index (χ1v) is 2.80. The molecule has 0 aromatic carbocycles. The van der Waals surface area contributed by atoms with E-state index in [2.05, 4.69) is 9.97 Å². The molecule has 2 N–H and O–H groups in total. The van der Waals surface area contributed by atoms with Crippen LogP contribution in [-0.2, 0) is 0 Å². The van der Waals surface area contributed by atoms with Crippen molar-refractivity contribution < 1.29 is 4.42 Å². The monoisotopic (exact) mass is 135 g/mol. The van der Waals surface area contributed by atoms with Gasteiger partial charge in [0.05, 0.1) is 5.39 Å². The Morgan fingerprint density at radius 1 is 1.30 bits per heavy atom. The highest BCUT2D eigenvalue weighted by Gasteiger charge is 1.99. The van der Waals surface area contributed by atoms with Crippen molar-refractivity contribution in [2.24, 2.45) is 0 Å². The lowest BCUT2D eigenvalue weighted by Crippen LogP contribution is -1.89. The molecule has 0 unspecified atom stereocenters. The lowest BCUT2D eigenvalue weighted by atomic mass is 10.4. The molecule has 0 aliphatic heterocycles. The molecule has 0 saturated heterocycles. The van der Waals surface area contributed by atoms with Gasteiger partial charge in [-0.15, -0.1) is 0 Å². The average Bonchev–Trinajstić information content (AvgIpc) is 2.36. The van der Waals surface area contributed by atoms with E-state index in [1.165, 1.54) is 18.9 Å². The van der Waals surface area contributed by atoms with Crippen molar-refractivity contribution in [3.63, 3.8) is 0 Å². The Morgan fingerprint density at radius 2 is 2.20 bits per heavy atom. The van der Waals surface area contributed by atoms with Crippen molar-refractivity contribution in [3.8, 4) is 0 Å². The SMILES string of the molecule is Nc1ncnc2cocc12. The predicted octanol–water partition coefficient (Wildman–Crippen LogP) is 0.805. The van der Waals surface area contributed by atoms with Crippen LogP contribution in [0, 0.1) is 0 Å². The topological polar surface area (TPSA) is 64.9 Å². The Balaban J connectivity index is 2.95. The normalized spacial score (nSPS) is 10.4. The van der Waals surface area contributed by atoms with Crippen molar-refractivity contribution >= 4 is 16.7 Å². The maximum Gasteiger partial charge on any atom is 0.137 e. The number of nitrogens with two attached hydrogens (primary N) is 1. The number of fused-ring (bicyclic) bond motifs is 1. The molecule has 0 aliphatic carbocycles. The zero-order chi connectivity index (χ0) is 6.97. The summed E-state index contributed by atoms with van der Waals surface area (Å²) < 4.78 is 4.86. The third kappa shape index (κ3) is 0.556. The fraction of sp³-hybridized carbons (Fsp3) is 0. The molecule has 2 aromatic rings. The summed E-state index contributed by atoms with van der Waals surface area (Å²) >= 11 is 0. The second kappa shape index (κ2) is 1.70. The summed E-state index contributed by atoms with van der Waals surface area (Å²) in [5, 5.41) is 0.766. The van der Waals surface area contributed by atoms with Gasteiger partial charge in [-0.05, 0) is 0 Å². The molecule has 10 heavy (non-hydrogen) atoms. The van der Waals surface area contributed by atoms with Crippen LogP contribution in [0.1, 0.15) is 0 Å². The molecule has 0 amide bonds. The highest BCUT2D eigenvalue weighted by molar-refractivity contribution is 5.86. The van der Waals surface area contributed by atoms with Gasteiger partial charge in [0.1, 0.15) is 30.2 Å². The van der Waals surface area contributed by atoms with Crippen molar-refractivity contribution in [3.05, 3.63) is 18.9 Å². The molecule has 0 bridgehead atoms. The van der Waals surface area contributed by atoms with Gasteiger partial charge in [0.2, 0.25) is 0 Å². The maximum absolute atomic E-state index is 5.49. The summed E-state index contributed by atoms with van der Waals surface area (Å²) in [7, 11) is 0. The van der Waals surface area contributed by atoms with E-state index in [1.807, 2.05) is 0 Å². The predicted molar refractivity (Wildman–Crippen MR) is 36.2 cm³/mol. The highest BCUT2D eigenvalue weighted by Crippen LogP contribution is 2.15. The van der Waals surface area contributed by atoms with E-state index in [0.29, 0.717) is 5.82 Å². The molecule has 2 heterocycles. The fourth-order valence-corrected chi connectivity index (χ4v) is 0.805. The quantitative estimate of drug-likeness (QED) is 0.580. The van der Waals surface area contributed by atoms with Crippen LogP contribution in [0.2, 0.25) is 0 Å². The maximum atomic E-state index is 5.49. The van der Waals surface area contributed by atoms with Crippen molar-refractivity contribution in [1.29, 1.82) is 0 Å². The molecular formula is C6H5N3O. The number of hydrogen-bond donors (Lipinski definition) is 1. The molecule has 4 heteroatoms.